The van der Waals surface area contributed by atoms with E-state index >= 15 is 0 Å². The first-order valence-electron chi connectivity index (χ1n) is 6.18. The van der Waals surface area contributed by atoms with Crippen LogP contribution in [0.1, 0.15) is 11.1 Å². The zero-order valence-electron chi connectivity index (χ0n) is 11.2. The maximum absolute atomic E-state index is 12.2. The Morgan fingerprint density at radius 2 is 1.76 bits per heavy atom. The predicted molar refractivity (Wildman–Crippen MR) is 81.9 cm³/mol. The van der Waals surface area contributed by atoms with Crippen LogP contribution in [0.4, 0.5) is 18.9 Å². The molecule has 0 aliphatic rings. The van der Waals surface area contributed by atoms with Gasteiger partial charge in [0.05, 0.1) is 0 Å². The van der Waals surface area contributed by atoms with E-state index in [1.54, 1.807) is 12.1 Å². The third kappa shape index (κ3) is 5.17. The second-order valence-electron chi connectivity index (χ2n) is 4.51. The first-order valence-corrected chi connectivity index (χ1v) is 7.38. The van der Waals surface area contributed by atoms with Crippen LogP contribution in [-0.4, -0.2) is 5.51 Å². The van der Waals surface area contributed by atoms with Gasteiger partial charge in [0.15, 0.2) is 0 Å². The fourth-order valence-corrected chi connectivity index (χ4v) is 2.47. The van der Waals surface area contributed by atoms with Crippen molar-refractivity contribution in [2.75, 3.05) is 5.32 Å². The van der Waals surface area contributed by atoms with Gasteiger partial charge in [-0.15, -0.1) is 0 Å². The summed E-state index contributed by atoms with van der Waals surface area (Å²) in [5.41, 5.74) is -1.47. The van der Waals surface area contributed by atoms with E-state index in [1.165, 1.54) is 12.1 Å². The molecular formula is C15H13ClF3NS. The summed E-state index contributed by atoms with van der Waals surface area (Å²) < 4.78 is 36.6. The van der Waals surface area contributed by atoms with E-state index in [2.05, 4.69) is 5.32 Å². The van der Waals surface area contributed by atoms with E-state index in [0.717, 1.165) is 16.8 Å². The van der Waals surface area contributed by atoms with Gasteiger partial charge in [0, 0.05) is 22.2 Å². The second kappa shape index (κ2) is 6.62. The van der Waals surface area contributed by atoms with Crippen LogP contribution in [0.5, 0.6) is 0 Å². The highest BCUT2D eigenvalue weighted by atomic mass is 35.5. The average Bonchev–Trinajstić information content (AvgIpc) is 2.40. The van der Waals surface area contributed by atoms with Crippen LogP contribution < -0.4 is 5.32 Å². The highest BCUT2D eigenvalue weighted by Crippen LogP contribution is 2.37. The van der Waals surface area contributed by atoms with Crippen LogP contribution in [0.15, 0.2) is 47.4 Å². The molecule has 21 heavy (non-hydrogen) atoms. The summed E-state index contributed by atoms with van der Waals surface area (Å²) in [6, 6.07) is 11.9. The maximum Gasteiger partial charge on any atom is 0.446 e. The molecule has 0 aromatic heterocycles. The van der Waals surface area contributed by atoms with Crippen LogP contribution in [0, 0.1) is 6.92 Å². The van der Waals surface area contributed by atoms with Crippen molar-refractivity contribution in [3.05, 3.63) is 58.6 Å². The summed E-state index contributed by atoms with van der Waals surface area (Å²) in [6.45, 7) is 2.49. The molecule has 0 heterocycles. The smallest absolute Gasteiger partial charge is 0.381 e. The lowest BCUT2D eigenvalue weighted by molar-refractivity contribution is -0.0328. The minimum Gasteiger partial charge on any atom is -0.381 e. The summed E-state index contributed by atoms with van der Waals surface area (Å²) >= 11 is 5.92. The standard InChI is InChI=1S/C15H13ClF3NS/c1-10-2-3-11(8-14(10)16)9-20-12-4-6-13(7-5-12)21-15(17,18)19/h2-8,20H,9H2,1H3. The number of rotatable bonds is 4. The summed E-state index contributed by atoms with van der Waals surface area (Å²) in [5, 5.41) is 3.85. The average molecular weight is 332 g/mol. The van der Waals surface area contributed by atoms with Crippen LogP contribution in [0.3, 0.4) is 0 Å². The van der Waals surface area contributed by atoms with E-state index in [0.29, 0.717) is 11.6 Å². The van der Waals surface area contributed by atoms with Crippen molar-refractivity contribution in [2.45, 2.75) is 23.9 Å². The van der Waals surface area contributed by atoms with Gasteiger partial charge in [-0.25, -0.2) is 0 Å². The fourth-order valence-electron chi connectivity index (χ4n) is 1.72. The van der Waals surface area contributed by atoms with E-state index in [4.69, 9.17) is 11.6 Å². The zero-order chi connectivity index (χ0) is 15.5. The van der Waals surface area contributed by atoms with Crippen molar-refractivity contribution in [2.24, 2.45) is 0 Å². The lowest BCUT2D eigenvalue weighted by atomic mass is 10.1. The predicted octanol–water partition coefficient (Wildman–Crippen LogP) is 5.87. The Balaban J connectivity index is 1.96. The first-order chi connectivity index (χ1) is 9.83. The van der Waals surface area contributed by atoms with E-state index in [1.807, 2.05) is 25.1 Å². The van der Waals surface area contributed by atoms with Crippen molar-refractivity contribution in [3.63, 3.8) is 0 Å². The number of halogens is 4. The number of nitrogens with one attached hydrogen (secondary N) is 1. The molecule has 0 aliphatic heterocycles. The van der Waals surface area contributed by atoms with Crippen LogP contribution >= 0.6 is 23.4 Å². The maximum atomic E-state index is 12.2. The number of aryl methyl sites for hydroxylation is 1. The van der Waals surface area contributed by atoms with Gasteiger partial charge in [-0.3, -0.25) is 0 Å². The van der Waals surface area contributed by atoms with Gasteiger partial charge >= 0.3 is 5.51 Å². The summed E-state index contributed by atoms with van der Waals surface area (Å²) in [7, 11) is 0. The molecule has 0 atom stereocenters. The second-order valence-corrected chi connectivity index (χ2v) is 6.05. The topological polar surface area (TPSA) is 12.0 Å². The molecule has 0 bridgehead atoms. The molecule has 2 aromatic carbocycles. The van der Waals surface area contributed by atoms with E-state index in [-0.39, 0.29) is 16.7 Å². The van der Waals surface area contributed by atoms with Crippen molar-refractivity contribution < 1.29 is 13.2 Å². The molecule has 0 aliphatic carbocycles. The molecule has 6 heteroatoms. The first kappa shape index (κ1) is 16.0. The van der Waals surface area contributed by atoms with Crippen LogP contribution in [0.2, 0.25) is 5.02 Å². The number of thioether (sulfide) groups is 1. The molecule has 0 saturated carbocycles. The van der Waals surface area contributed by atoms with Gasteiger partial charge in [-0.05, 0) is 60.1 Å². The van der Waals surface area contributed by atoms with Crippen molar-refractivity contribution >= 4 is 29.1 Å². The Morgan fingerprint density at radius 1 is 1.10 bits per heavy atom. The summed E-state index contributed by atoms with van der Waals surface area (Å²) in [4.78, 5) is 0.173. The number of benzene rings is 2. The molecule has 0 unspecified atom stereocenters. The molecule has 1 N–H and O–H groups in total. The highest BCUT2D eigenvalue weighted by Gasteiger charge is 2.28. The van der Waals surface area contributed by atoms with E-state index in [9.17, 15) is 13.2 Å². The molecular weight excluding hydrogens is 319 g/mol. The SMILES string of the molecule is Cc1ccc(CNc2ccc(SC(F)(F)F)cc2)cc1Cl. The number of alkyl halides is 3. The fraction of sp³-hybridized carbons (Fsp3) is 0.200. The molecule has 0 radical (unpaired) electrons. The van der Waals surface area contributed by atoms with Crippen LogP contribution in [0.25, 0.3) is 0 Å². The minimum atomic E-state index is -4.26. The minimum absolute atomic E-state index is 0.118. The molecule has 0 spiro atoms. The molecule has 112 valence electrons. The largest absolute Gasteiger partial charge is 0.446 e. The van der Waals surface area contributed by atoms with Gasteiger partial charge in [0.2, 0.25) is 0 Å². The highest BCUT2D eigenvalue weighted by molar-refractivity contribution is 8.00. The Labute approximate surface area is 130 Å². The molecule has 0 fully saturated rings. The van der Waals surface area contributed by atoms with Gasteiger partial charge in [-0.1, -0.05) is 23.7 Å². The van der Waals surface area contributed by atoms with Gasteiger partial charge in [-0.2, -0.15) is 13.2 Å². The number of hydrogen-bond donors (Lipinski definition) is 1. The van der Waals surface area contributed by atoms with Gasteiger partial charge in [0.25, 0.3) is 0 Å². The number of hydrogen-bond acceptors (Lipinski definition) is 2. The van der Waals surface area contributed by atoms with Crippen LogP contribution in [-0.2, 0) is 6.54 Å². The van der Waals surface area contributed by atoms with Gasteiger partial charge < -0.3 is 5.32 Å². The summed E-state index contributed by atoms with van der Waals surface area (Å²) in [5.74, 6) is 0. The summed E-state index contributed by atoms with van der Waals surface area (Å²) in [6.07, 6.45) is 0. The van der Waals surface area contributed by atoms with E-state index < -0.39 is 5.51 Å². The zero-order valence-corrected chi connectivity index (χ0v) is 12.7. The molecule has 2 rings (SSSR count). The Morgan fingerprint density at radius 3 is 2.33 bits per heavy atom. The van der Waals surface area contributed by atoms with Crippen molar-refractivity contribution in [1.29, 1.82) is 0 Å². The lowest BCUT2D eigenvalue weighted by Crippen LogP contribution is -2.01. The molecule has 0 saturated heterocycles. The quantitative estimate of drug-likeness (QED) is 0.703. The monoisotopic (exact) mass is 331 g/mol. The third-order valence-corrected chi connectivity index (χ3v) is 3.97. The van der Waals surface area contributed by atoms with Gasteiger partial charge in [0.1, 0.15) is 0 Å². The Hall–Kier alpha value is -1.33. The lowest BCUT2D eigenvalue weighted by Gasteiger charge is -2.09. The van der Waals surface area contributed by atoms with Crippen molar-refractivity contribution in [1.82, 2.24) is 0 Å². The Kier molecular flexibility index (Phi) is 5.06. The normalized spacial score (nSPS) is 11.5. The van der Waals surface area contributed by atoms with Crippen molar-refractivity contribution in [3.8, 4) is 0 Å². The molecule has 1 nitrogen and oxygen atoms in total. The number of anilines is 1. The molecule has 0 amide bonds. The molecule has 2 aromatic rings. The third-order valence-electron chi connectivity index (χ3n) is 2.82. The Bertz CT molecular complexity index is 611.